The minimum absolute atomic E-state index is 0.0859. The highest BCUT2D eigenvalue weighted by Crippen LogP contribution is 2.16. The smallest absolute Gasteiger partial charge is 0.238 e. The van der Waals surface area contributed by atoms with Crippen LogP contribution in [-0.4, -0.2) is 56.3 Å². The second-order valence-corrected chi connectivity index (χ2v) is 9.12. The number of nitrogens with one attached hydrogen (secondary N) is 1. The molecular weight excluding hydrogens is 386 g/mol. The standard InChI is InChI=1S/C22H27N3O3S/c1-18-8-9-21(19(2)16-18)23-22(26)17-24-11-13-25(14-12-24)29(27,28)15-10-20-6-4-3-5-7-20/h3-10,15-16H,11-14,17H2,1-2H3,(H,23,26). The number of hydrogen-bond acceptors (Lipinski definition) is 4. The van der Waals surface area contributed by atoms with Crippen molar-refractivity contribution in [2.24, 2.45) is 0 Å². The fourth-order valence-corrected chi connectivity index (χ4v) is 4.48. The predicted octanol–water partition coefficient (Wildman–Crippen LogP) is 2.86. The van der Waals surface area contributed by atoms with Crippen molar-refractivity contribution < 1.29 is 13.2 Å². The summed E-state index contributed by atoms with van der Waals surface area (Å²) in [6.07, 6.45) is 1.61. The van der Waals surface area contributed by atoms with Crippen LogP contribution in [0.4, 0.5) is 5.69 Å². The third kappa shape index (κ3) is 6.00. The van der Waals surface area contributed by atoms with E-state index in [-0.39, 0.29) is 12.5 Å². The van der Waals surface area contributed by atoms with Gasteiger partial charge in [-0.3, -0.25) is 9.69 Å². The number of anilines is 1. The van der Waals surface area contributed by atoms with Crippen LogP contribution in [-0.2, 0) is 14.8 Å². The summed E-state index contributed by atoms with van der Waals surface area (Å²) in [5.74, 6) is -0.0859. The molecule has 6 nitrogen and oxygen atoms in total. The van der Waals surface area contributed by atoms with Crippen LogP contribution in [0.3, 0.4) is 0 Å². The summed E-state index contributed by atoms with van der Waals surface area (Å²) in [5, 5.41) is 4.20. The molecule has 1 amide bonds. The van der Waals surface area contributed by atoms with Gasteiger partial charge in [0.25, 0.3) is 0 Å². The Balaban J connectivity index is 1.50. The lowest BCUT2D eigenvalue weighted by Gasteiger charge is -2.32. The van der Waals surface area contributed by atoms with E-state index in [1.54, 1.807) is 6.08 Å². The van der Waals surface area contributed by atoms with Crippen molar-refractivity contribution in [3.05, 3.63) is 70.6 Å². The molecule has 1 saturated heterocycles. The van der Waals surface area contributed by atoms with Crippen molar-refractivity contribution in [2.75, 3.05) is 38.0 Å². The molecule has 0 radical (unpaired) electrons. The molecule has 154 valence electrons. The SMILES string of the molecule is Cc1ccc(NC(=O)CN2CCN(S(=O)(=O)C=Cc3ccccc3)CC2)c(C)c1. The molecule has 7 heteroatoms. The van der Waals surface area contributed by atoms with E-state index in [2.05, 4.69) is 5.32 Å². The lowest BCUT2D eigenvalue weighted by atomic mass is 10.1. The molecule has 1 aliphatic heterocycles. The lowest BCUT2D eigenvalue weighted by Crippen LogP contribution is -2.49. The molecule has 29 heavy (non-hydrogen) atoms. The van der Waals surface area contributed by atoms with Gasteiger partial charge in [-0.05, 0) is 37.1 Å². The van der Waals surface area contributed by atoms with Gasteiger partial charge in [0, 0.05) is 37.3 Å². The lowest BCUT2D eigenvalue weighted by molar-refractivity contribution is -0.117. The Labute approximate surface area is 172 Å². The molecule has 0 spiro atoms. The minimum atomic E-state index is -3.47. The summed E-state index contributed by atoms with van der Waals surface area (Å²) >= 11 is 0. The summed E-state index contributed by atoms with van der Waals surface area (Å²) < 4.78 is 26.5. The van der Waals surface area contributed by atoms with Crippen molar-refractivity contribution in [3.63, 3.8) is 0 Å². The molecule has 1 fully saturated rings. The number of rotatable bonds is 6. The largest absolute Gasteiger partial charge is 0.325 e. The van der Waals surface area contributed by atoms with Gasteiger partial charge in [0.1, 0.15) is 0 Å². The van der Waals surface area contributed by atoms with Gasteiger partial charge in [-0.15, -0.1) is 0 Å². The maximum atomic E-state index is 12.5. The Kier molecular flexibility index (Phi) is 6.84. The molecule has 0 saturated carbocycles. The van der Waals surface area contributed by atoms with E-state index in [9.17, 15) is 13.2 Å². The van der Waals surface area contributed by atoms with Gasteiger partial charge in [0.05, 0.1) is 6.54 Å². The molecule has 0 atom stereocenters. The Hall–Kier alpha value is -2.48. The molecule has 1 N–H and O–H groups in total. The van der Waals surface area contributed by atoms with E-state index < -0.39 is 10.0 Å². The monoisotopic (exact) mass is 413 g/mol. The maximum absolute atomic E-state index is 12.5. The normalized spacial score (nSPS) is 16.2. The zero-order valence-electron chi connectivity index (χ0n) is 16.8. The number of amides is 1. The van der Waals surface area contributed by atoms with E-state index in [1.807, 2.05) is 67.3 Å². The average Bonchev–Trinajstić information content (AvgIpc) is 2.70. The molecule has 0 unspecified atom stereocenters. The Morgan fingerprint density at radius 2 is 1.72 bits per heavy atom. The van der Waals surface area contributed by atoms with E-state index in [0.29, 0.717) is 26.2 Å². The maximum Gasteiger partial charge on any atom is 0.238 e. The second-order valence-electron chi connectivity index (χ2n) is 7.30. The third-order valence-corrected chi connectivity index (χ3v) is 6.51. The van der Waals surface area contributed by atoms with Gasteiger partial charge >= 0.3 is 0 Å². The van der Waals surface area contributed by atoms with Crippen LogP contribution in [0, 0.1) is 13.8 Å². The first-order valence-corrected chi connectivity index (χ1v) is 11.2. The van der Waals surface area contributed by atoms with E-state index in [0.717, 1.165) is 22.4 Å². The second kappa shape index (κ2) is 9.35. The first kappa shape index (κ1) is 21.2. The van der Waals surface area contributed by atoms with Crippen LogP contribution < -0.4 is 5.32 Å². The number of aryl methyl sites for hydroxylation is 2. The summed E-state index contributed by atoms with van der Waals surface area (Å²) in [6.45, 7) is 6.03. The molecule has 1 heterocycles. The van der Waals surface area contributed by atoms with Crippen molar-refractivity contribution in [2.45, 2.75) is 13.8 Å². The highest BCUT2D eigenvalue weighted by Gasteiger charge is 2.26. The molecule has 0 aliphatic carbocycles. The number of carbonyl (C=O) groups excluding carboxylic acids is 1. The minimum Gasteiger partial charge on any atom is -0.325 e. The number of nitrogens with zero attached hydrogens (tertiary/aromatic N) is 2. The van der Waals surface area contributed by atoms with Gasteiger partial charge in [-0.25, -0.2) is 8.42 Å². The number of carbonyl (C=O) groups is 1. The first-order chi connectivity index (χ1) is 13.8. The molecular formula is C22H27N3O3S. The summed E-state index contributed by atoms with van der Waals surface area (Å²) in [6, 6.07) is 15.3. The zero-order chi connectivity index (χ0) is 20.9. The van der Waals surface area contributed by atoms with Crippen molar-refractivity contribution in [1.29, 1.82) is 0 Å². The average molecular weight is 414 g/mol. The third-order valence-electron chi connectivity index (χ3n) is 4.95. The summed E-state index contributed by atoms with van der Waals surface area (Å²) in [7, 11) is -3.47. The summed E-state index contributed by atoms with van der Waals surface area (Å²) in [4.78, 5) is 14.3. The van der Waals surface area contributed by atoms with Crippen LogP contribution >= 0.6 is 0 Å². The van der Waals surface area contributed by atoms with Gasteiger partial charge in [-0.2, -0.15) is 4.31 Å². The van der Waals surface area contributed by atoms with Crippen LogP contribution in [0.5, 0.6) is 0 Å². The van der Waals surface area contributed by atoms with Crippen LogP contribution in [0.2, 0.25) is 0 Å². The molecule has 0 bridgehead atoms. The zero-order valence-corrected chi connectivity index (χ0v) is 17.7. The quantitative estimate of drug-likeness (QED) is 0.791. The molecule has 1 aliphatic rings. The number of hydrogen-bond donors (Lipinski definition) is 1. The van der Waals surface area contributed by atoms with E-state index in [4.69, 9.17) is 0 Å². The van der Waals surface area contributed by atoms with Gasteiger partial charge in [-0.1, -0.05) is 48.0 Å². The highest BCUT2D eigenvalue weighted by molar-refractivity contribution is 7.92. The van der Waals surface area contributed by atoms with Crippen LogP contribution in [0.15, 0.2) is 53.9 Å². The molecule has 2 aromatic rings. The first-order valence-electron chi connectivity index (χ1n) is 9.66. The number of sulfonamides is 1. The molecule has 0 aromatic heterocycles. The highest BCUT2D eigenvalue weighted by atomic mass is 32.2. The van der Waals surface area contributed by atoms with Crippen LogP contribution in [0.1, 0.15) is 16.7 Å². The fraction of sp³-hybridized carbons (Fsp3) is 0.318. The topological polar surface area (TPSA) is 69.7 Å². The number of piperazine rings is 1. The Bertz CT molecular complexity index is 980. The fourth-order valence-electron chi connectivity index (χ4n) is 3.30. The van der Waals surface area contributed by atoms with Crippen molar-refractivity contribution >= 4 is 27.7 Å². The van der Waals surface area contributed by atoms with Crippen molar-refractivity contribution in [1.82, 2.24) is 9.21 Å². The Morgan fingerprint density at radius 1 is 1.03 bits per heavy atom. The molecule has 3 rings (SSSR count). The summed E-state index contributed by atoms with van der Waals surface area (Å²) in [5.41, 5.74) is 3.84. The van der Waals surface area contributed by atoms with Gasteiger partial charge in [0.2, 0.25) is 15.9 Å². The van der Waals surface area contributed by atoms with Crippen LogP contribution in [0.25, 0.3) is 6.08 Å². The van der Waals surface area contributed by atoms with Crippen molar-refractivity contribution in [3.8, 4) is 0 Å². The van der Waals surface area contributed by atoms with E-state index >= 15 is 0 Å². The molecule has 2 aromatic carbocycles. The Morgan fingerprint density at radius 3 is 2.38 bits per heavy atom. The van der Waals surface area contributed by atoms with Gasteiger partial charge < -0.3 is 5.32 Å². The van der Waals surface area contributed by atoms with Gasteiger partial charge in [0.15, 0.2) is 0 Å². The van der Waals surface area contributed by atoms with E-state index in [1.165, 1.54) is 9.71 Å². The predicted molar refractivity (Wildman–Crippen MR) is 117 cm³/mol. The number of benzene rings is 2.